The number of urea groups is 1. The number of carbonyl (C=O) groups excluding carboxylic acids is 1. The number of carboxylic acid groups (broad SMARTS) is 1. The Balaban J connectivity index is 3.71. The molecule has 6 heteroatoms. The first-order chi connectivity index (χ1) is 9.45. The van der Waals surface area contributed by atoms with Crippen molar-refractivity contribution < 1.29 is 19.4 Å². The van der Waals surface area contributed by atoms with Gasteiger partial charge in [-0.05, 0) is 18.8 Å². The third-order valence-corrected chi connectivity index (χ3v) is 2.76. The van der Waals surface area contributed by atoms with E-state index >= 15 is 0 Å². The summed E-state index contributed by atoms with van der Waals surface area (Å²) in [6, 6.07) is -0.656. The van der Waals surface area contributed by atoms with Crippen LogP contribution in [0.1, 0.15) is 46.5 Å². The Morgan fingerprint density at radius 2 is 1.90 bits per heavy atom. The van der Waals surface area contributed by atoms with Crippen molar-refractivity contribution in [2.24, 2.45) is 5.92 Å². The number of rotatable bonds is 11. The number of aliphatic carboxylic acids is 1. The Hall–Kier alpha value is -1.30. The first-order valence-electron chi connectivity index (χ1n) is 7.29. The molecule has 0 aromatic rings. The van der Waals surface area contributed by atoms with Gasteiger partial charge in [-0.15, -0.1) is 0 Å². The third-order valence-electron chi connectivity index (χ3n) is 2.76. The average Bonchev–Trinajstić information content (AvgIpc) is 2.32. The number of nitrogens with one attached hydrogen (secondary N) is 2. The van der Waals surface area contributed by atoms with Crippen LogP contribution in [0.4, 0.5) is 4.79 Å². The Kier molecular flexibility index (Phi) is 10.8. The van der Waals surface area contributed by atoms with Gasteiger partial charge >= 0.3 is 12.0 Å². The summed E-state index contributed by atoms with van der Waals surface area (Å²) in [5.74, 6) is -0.294. The normalized spacial score (nSPS) is 12.2. The fourth-order valence-electron chi connectivity index (χ4n) is 1.68. The zero-order chi connectivity index (χ0) is 15.4. The Bertz CT molecular complexity index is 282. The van der Waals surface area contributed by atoms with Crippen LogP contribution in [0.5, 0.6) is 0 Å². The van der Waals surface area contributed by atoms with E-state index in [9.17, 15) is 9.59 Å². The Morgan fingerprint density at radius 3 is 2.45 bits per heavy atom. The van der Waals surface area contributed by atoms with Crippen LogP contribution >= 0.6 is 0 Å². The van der Waals surface area contributed by atoms with Gasteiger partial charge in [0, 0.05) is 19.2 Å². The first-order valence-corrected chi connectivity index (χ1v) is 7.29. The van der Waals surface area contributed by atoms with Crippen LogP contribution in [-0.2, 0) is 9.53 Å². The molecule has 0 spiro atoms. The molecule has 118 valence electrons. The lowest BCUT2D eigenvalue weighted by atomic mass is 10.1. The van der Waals surface area contributed by atoms with Gasteiger partial charge in [-0.25, -0.2) is 4.79 Å². The highest BCUT2D eigenvalue weighted by Gasteiger charge is 2.14. The van der Waals surface area contributed by atoms with Gasteiger partial charge in [0.05, 0.1) is 13.0 Å². The van der Waals surface area contributed by atoms with E-state index in [0.717, 1.165) is 12.8 Å². The van der Waals surface area contributed by atoms with E-state index in [2.05, 4.69) is 24.5 Å². The zero-order valence-corrected chi connectivity index (χ0v) is 12.8. The number of ether oxygens (including phenoxy) is 1. The molecule has 0 radical (unpaired) electrons. The lowest BCUT2D eigenvalue weighted by Gasteiger charge is -2.16. The van der Waals surface area contributed by atoms with Crippen LogP contribution < -0.4 is 10.6 Å². The highest BCUT2D eigenvalue weighted by molar-refractivity contribution is 5.75. The standard InChI is InChI=1S/C14H28N2O4/c1-4-5-12(10-13(17)18)16-14(19)15-7-9-20-8-6-11(2)3/h11-12H,4-10H2,1-3H3,(H,17,18)(H2,15,16,19). The van der Waals surface area contributed by atoms with Crippen LogP contribution in [0.3, 0.4) is 0 Å². The van der Waals surface area contributed by atoms with Crippen molar-refractivity contribution >= 4 is 12.0 Å². The summed E-state index contributed by atoms with van der Waals surface area (Å²) in [5.41, 5.74) is 0. The van der Waals surface area contributed by atoms with Crippen LogP contribution in [-0.4, -0.2) is 42.9 Å². The second-order valence-electron chi connectivity index (χ2n) is 5.28. The molecule has 0 aliphatic carbocycles. The number of hydrogen-bond donors (Lipinski definition) is 3. The molecule has 6 nitrogen and oxygen atoms in total. The minimum atomic E-state index is -0.902. The summed E-state index contributed by atoms with van der Waals surface area (Å²) in [4.78, 5) is 22.2. The molecular weight excluding hydrogens is 260 g/mol. The smallest absolute Gasteiger partial charge is 0.315 e. The lowest BCUT2D eigenvalue weighted by molar-refractivity contribution is -0.137. The summed E-state index contributed by atoms with van der Waals surface area (Å²) >= 11 is 0. The molecule has 0 saturated heterocycles. The van der Waals surface area contributed by atoms with E-state index in [1.807, 2.05) is 6.92 Å². The van der Waals surface area contributed by atoms with E-state index in [1.54, 1.807) is 0 Å². The molecule has 0 bridgehead atoms. The molecule has 0 aliphatic heterocycles. The molecule has 0 saturated carbocycles. The molecule has 1 atom stereocenters. The van der Waals surface area contributed by atoms with Gasteiger partial charge in [0.25, 0.3) is 0 Å². The molecular formula is C14H28N2O4. The maximum Gasteiger partial charge on any atom is 0.315 e. The van der Waals surface area contributed by atoms with Crippen molar-refractivity contribution in [3.63, 3.8) is 0 Å². The predicted molar refractivity (Wildman–Crippen MR) is 77.8 cm³/mol. The van der Waals surface area contributed by atoms with E-state index < -0.39 is 5.97 Å². The largest absolute Gasteiger partial charge is 0.481 e. The van der Waals surface area contributed by atoms with E-state index in [0.29, 0.717) is 32.1 Å². The Labute approximate surface area is 121 Å². The van der Waals surface area contributed by atoms with Crippen molar-refractivity contribution in [1.29, 1.82) is 0 Å². The molecule has 1 unspecified atom stereocenters. The number of carboxylic acids is 1. The third kappa shape index (κ3) is 11.8. The maximum absolute atomic E-state index is 11.6. The van der Waals surface area contributed by atoms with E-state index in [4.69, 9.17) is 9.84 Å². The van der Waals surface area contributed by atoms with Crippen LogP contribution in [0, 0.1) is 5.92 Å². The topological polar surface area (TPSA) is 87.7 Å². The first kappa shape index (κ1) is 18.7. The van der Waals surface area contributed by atoms with Crippen molar-refractivity contribution in [1.82, 2.24) is 10.6 Å². The molecule has 0 aromatic carbocycles. The van der Waals surface area contributed by atoms with Gasteiger partial charge in [0.2, 0.25) is 0 Å². The number of carbonyl (C=O) groups is 2. The molecule has 0 aromatic heterocycles. The summed E-state index contributed by atoms with van der Waals surface area (Å²) < 4.78 is 5.38. The molecule has 20 heavy (non-hydrogen) atoms. The summed E-state index contributed by atoms with van der Waals surface area (Å²) in [6.45, 7) is 7.81. The van der Waals surface area contributed by atoms with Gasteiger partial charge < -0.3 is 20.5 Å². The molecule has 0 fully saturated rings. The highest BCUT2D eigenvalue weighted by atomic mass is 16.5. The van der Waals surface area contributed by atoms with Crippen LogP contribution in [0.2, 0.25) is 0 Å². The van der Waals surface area contributed by atoms with Gasteiger partial charge in [-0.2, -0.15) is 0 Å². The van der Waals surface area contributed by atoms with Gasteiger partial charge in [0.1, 0.15) is 0 Å². The maximum atomic E-state index is 11.6. The van der Waals surface area contributed by atoms with Gasteiger partial charge in [0.15, 0.2) is 0 Å². The fraction of sp³-hybridized carbons (Fsp3) is 0.857. The van der Waals surface area contributed by atoms with E-state index in [-0.39, 0.29) is 18.5 Å². The van der Waals surface area contributed by atoms with E-state index in [1.165, 1.54) is 0 Å². The molecule has 2 amide bonds. The number of amides is 2. The van der Waals surface area contributed by atoms with Gasteiger partial charge in [-0.1, -0.05) is 27.2 Å². The minimum Gasteiger partial charge on any atom is -0.481 e. The summed E-state index contributed by atoms with van der Waals surface area (Å²) in [7, 11) is 0. The van der Waals surface area contributed by atoms with Crippen molar-refractivity contribution in [3.8, 4) is 0 Å². The highest BCUT2D eigenvalue weighted by Crippen LogP contribution is 2.01. The summed E-state index contributed by atoms with van der Waals surface area (Å²) in [5, 5.41) is 14.1. The quantitative estimate of drug-likeness (QED) is 0.507. The SMILES string of the molecule is CCCC(CC(=O)O)NC(=O)NCCOCCC(C)C. The molecule has 0 heterocycles. The molecule has 0 aliphatic rings. The predicted octanol–water partition coefficient (Wildman–Crippen LogP) is 1.99. The summed E-state index contributed by atoms with van der Waals surface area (Å²) in [6.07, 6.45) is 2.44. The van der Waals surface area contributed by atoms with Crippen molar-refractivity contribution in [2.75, 3.05) is 19.8 Å². The monoisotopic (exact) mass is 288 g/mol. The van der Waals surface area contributed by atoms with Crippen LogP contribution in [0.15, 0.2) is 0 Å². The van der Waals surface area contributed by atoms with Crippen molar-refractivity contribution in [3.05, 3.63) is 0 Å². The lowest BCUT2D eigenvalue weighted by Crippen LogP contribution is -2.44. The Morgan fingerprint density at radius 1 is 1.20 bits per heavy atom. The second kappa shape index (κ2) is 11.5. The minimum absolute atomic E-state index is 0.0495. The molecule has 3 N–H and O–H groups in total. The second-order valence-corrected chi connectivity index (χ2v) is 5.28. The average molecular weight is 288 g/mol. The van der Waals surface area contributed by atoms with Crippen LogP contribution in [0.25, 0.3) is 0 Å². The fourth-order valence-corrected chi connectivity index (χ4v) is 1.68. The van der Waals surface area contributed by atoms with Crippen molar-refractivity contribution in [2.45, 2.75) is 52.5 Å². The zero-order valence-electron chi connectivity index (χ0n) is 12.8. The molecule has 0 rings (SSSR count). The van der Waals surface area contributed by atoms with Gasteiger partial charge in [-0.3, -0.25) is 4.79 Å². The number of hydrogen-bond acceptors (Lipinski definition) is 3.